The molecule has 1 aromatic rings. The fourth-order valence-corrected chi connectivity index (χ4v) is 0.716. The summed E-state index contributed by atoms with van der Waals surface area (Å²) in [6, 6.07) is 1.83. The van der Waals surface area contributed by atoms with Crippen LogP contribution >= 0.6 is 0 Å². The molecule has 2 N–H and O–H groups in total. The summed E-state index contributed by atoms with van der Waals surface area (Å²) in [6.45, 7) is 4.64. The molecule has 1 aromatic heterocycles. The maximum absolute atomic E-state index is 8.41. The number of rotatable bonds is 3. The van der Waals surface area contributed by atoms with E-state index in [-0.39, 0.29) is 5.82 Å². The van der Waals surface area contributed by atoms with Crippen LogP contribution in [0.3, 0.4) is 0 Å². The van der Waals surface area contributed by atoms with Gasteiger partial charge in [0.2, 0.25) is 0 Å². The molecule has 0 unspecified atom stereocenters. The monoisotopic (exact) mass is 163 g/mol. The summed E-state index contributed by atoms with van der Waals surface area (Å²) in [5.41, 5.74) is 6.18. The van der Waals surface area contributed by atoms with Gasteiger partial charge in [-0.2, -0.15) is 5.26 Å². The van der Waals surface area contributed by atoms with Crippen LogP contribution in [0, 0.1) is 11.3 Å². The Morgan fingerprint density at radius 2 is 2.58 bits per heavy atom. The lowest BCUT2D eigenvalue weighted by atomic mass is 10.3. The average Bonchev–Trinajstić information content (AvgIpc) is 2.52. The summed E-state index contributed by atoms with van der Waals surface area (Å²) in [4.78, 5) is 3.73. The average molecular weight is 163 g/mol. The number of nitrogens with zero attached hydrogens (tertiary/aromatic N) is 4. The molecule has 62 valence electrons. The maximum atomic E-state index is 8.41. The van der Waals surface area contributed by atoms with Gasteiger partial charge in [0.05, 0.1) is 6.54 Å². The van der Waals surface area contributed by atoms with Crippen LogP contribution in [-0.2, 0) is 6.54 Å². The van der Waals surface area contributed by atoms with E-state index in [4.69, 9.17) is 11.0 Å². The van der Waals surface area contributed by atoms with E-state index in [0.717, 1.165) is 5.57 Å². The normalized spacial score (nSPS) is 9.33. The number of nitrogens with two attached hydrogens (primary N) is 1. The molecule has 0 radical (unpaired) electrons. The Morgan fingerprint density at radius 1 is 1.83 bits per heavy atom. The number of hydrogen-bond acceptors (Lipinski definition) is 4. The van der Waals surface area contributed by atoms with Gasteiger partial charge in [0.15, 0.2) is 0 Å². The lowest BCUT2D eigenvalue weighted by molar-refractivity contribution is 0.666. The molecule has 0 fully saturated rings. The summed E-state index contributed by atoms with van der Waals surface area (Å²) >= 11 is 0. The Balaban J connectivity index is 2.65. The van der Waals surface area contributed by atoms with Crippen LogP contribution in [0.25, 0.3) is 0 Å². The van der Waals surface area contributed by atoms with Gasteiger partial charge in [-0.15, -0.1) is 5.10 Å². The van der Waals surface area contributed by atoms with E-state index in [9.17, 15) is 0 Å². The van der Waals surface area contributed by atoms with Gasteiger partial charge in [0.1, 0.15) is 12.4 Å². The SMILES string of the molecule is C=C(CN)Cn1cnc(C#N)n1. The third kappa shape index (κ3) is 1.90. The molecule has 0 atom stereocenters. The lowest BCUT2D eigenvalue weighted by Gasteiger charge is -1.99. The van der Waals surface area contributed by atoms with E-state index in [1.165, 1.54) is 11.0 Å². The van der Waals surface area contributed by atoms with Crippen molar-refractivity contribution in [3.63, 3.8) is 0 Å². The predicted octanol–water partition coefficient (Wildman–Crippen LogP) is -0.335. The minimum atomic E-state index is 0.167. The Hall–Kier alpha value is -1.67. The van der Waals surface area contributed by atoms with Crippen LogP contribution in [0.5, 0.6) is 0 Å². The standard InChI is InChI=1S/C7H9N5/c1-6(2-8)4-12-5-10-7(3-9)11-12/h5H,1-2,4,8H2. The Bertz CT molecular complexity index is 319. The highest BCUT2D eigenvalue weighted by Crippen LogP contribution is 1.93. The van der Waals surface area contributed by atoms with Crippen molar-refractivity contribution >= 4 is 0 Å². The minimum Gasteiger partial charge on any atom is -0.327 e. The van der Waals surface area contributed by atoms with Gasteiger partial charge in [-0.1, -0.05) is 6.58 Å². The van der Waals surface area contributed by atoms with E-state index < -0.39 is 0 Å². The van der Waals surface area contributed by atoms with Gasteiger partial charge >= 0.3 is 0 Å². The first-order valence-corrected chi connectivity index (χ1v) is 3.42. The molecule has 12 heavy (non-hydrogen) atoms. The summed E-state index contributed by atoms with van der Waals surface area (Å²) in [5.74, 6) is 0.167. The van der Waals surface area contributed by atoms with Crippen molar-refractivity contribution in [2.75, 3.05) is 6.54 Å². The quantitative estimate of drug-likeness (QED) is 0.618. The first-order chi connectivity index (χ1) is 5.76. The molecule has 5 nitrogen and oxygen atoms in total. The van der Waals surface area contributed by atoms with Crippen LogP contribution in [0.4, 0.5) is 0 Å². The topological polar surface area (TPSA) is 80.5 Å². The van der Waals surface area contributed by atoms with Gasteiger partial charge in [-0.05, 0) is 5.57 Å². The highest BCUT2D eigenvalue weighted by molar-refractivity contribution is 5.06. The lowest BCUT2D eigenvalue weighted by Crippen LogP contribution is -2.09. The van der Waals surface area contributed by atoms with E-state index in [1.54, 1.807) is 0 Å². The maximum Gasteiger partial charge on any atom is 0.252 e. The number of hydrogen-bond donors (Lipinski definition) is 1. The molecular formula is C7H9N5. The molecule has 0 aliphatic rings. The smallest absolute Gasteiger partial charge is 0.252 e. The Labute approximate surface area is 70.1 Å². The number of aromatic nitrogens is 3. The van der Waals surface area contributed by atoms with Crippen molar-refractivity contribution in [1.82, 2.24) is 14.8 Å². The summed E-state index contributed by atoms with van der Waals surface area (Å²) < 4.78 is 1.54. The van der Waals surface area contributed by atoms with Crippen molar-refractivity contribution in [2.24, 2.45) is 5.73 Å². The summed E-state index contributed by atoms with van der Waals surface area (Å²) in [6.07, 6.45) is 1.49. The van der Waals surface area contributed by atoms with Crippen LogP contribution in [0.15, 0.2) is 18.5 Å². The second kappa shape index (κ2) is 3.64. The van der Waals surface area contributed by atoms with E-state index in [1.807, 2.05) is 6.07 Å². The third-order valence-corrected chi connectivity index (χ3v) is 1.31. The highest BCUT2D eigenvalue weighted by Gasteiger charge is 1.98. The van der Waals surface area contributed by atoms with E-state index >= 15 is 0 Å². The Morgan fingerprint density at radius 3 is 3.08 bits per heavy atom. The summed E-state index contributed by atoms with van der Waals surface area (Å²) in [5, 5.41) is 12.3. The van der Waals surface area contributed by atoms with Crippen molar-refractivity contribution in [3.05, 3.63) is 24.3 Å². The fraction of sp³-hybridized carbons (Fsp3) is 0.286. The summed E-state index contributed by atoms with van der Waals surface area (Å²) in [7, 11) is 0. The van der Waals surface area contributed by atoms with Gasteiger partial charge in [-0.25, -0.2) is 9.67 Å². The van der Waals surface area contributed by atoms with E-state index in [0.29, 0.717) is 13.1 Å². The molecule has 1 rings (SSSR count). The first kappa shape index (κ1) is 8.43. The fourth-order valence-electron chi connectivity index (χ4n) is 0.716. The third-order valence-electron chi connectivity index (χ3n) is 1.31. The molecule has 0 aliphatic carbocycles. The molecule has 0 bridgehead atoms. The second-order valence-electron chi connectivity index (χ2n) is 2.33. The zero-order valence-electron chi connectivity index (χ0n) is 6.56. The Kier molecular flexibility index (Phi) is 2.56. The van der Waals surface area contributed by atoms with Crippen molar-refractivity contribution in [1.29, 1.82) is 5.26 Å². The van der Waals surface area contributed by atoms with Crippen LogP contribution < -0.4 is 5.73 Å². The largest absolute Gasteiger partial charge is 0.327 e. The van der Waals surface area contributed by atoms with Crippen LogP contribution in [0.2, 0.25) is 0 Å². The van der Waals surface area contributed by atoms with Crippen LogP contribution in [-0.4, -0.2) is 21.3 Å². The second-order valence-corrected chi connectivity index (χ2v) is 2.33. The zero-order chi connectivity index (χ0) is 8.97. The van der Waals surface area contributed by atoms with Crippen LogP contribution in [0.1, 0.15) is 5.82 Å². The molecule has 5 heteroatoms. The molecule has 0 amide bonds. The first-order valence-electron chi connectivity index (χ1n) is 3.42. The minimum absolute atomic E-state index is 0.167. The zero-order valence-corrected chi connectivity index (χ0v) is 6.56. The van der Waals surface area contributed by atoms with Gasteiger partial charge in [0, 0.05) is 6.54 Å². The molecule has 0 spiro atoms. The van der Waals surface area contributed by atoms with Gasteiger partial charge in [0.25, 0.3) is 5.82 Å². The molecule has 0 aliphatic heterocycles. The molecular weight excluding hydrogens is 154 g/mol. The molecule has 1 heterocycles. The highest BCUT2D eigenvalue weighted by atomic mass is 15.3. The van der Waals surface area contributed by atoms with Crippen molar-refractivity contribution < 1.29 is 0 Å². The predicted molar refractivity (Wildman–Crippen MR) is 42.9 cm³/mol. The van der Waals surface area contributed by atoms with Crippen molar-refractivity contribution in [3.8, 4) is 6.07 Å². The molecule has 0 saturated heterocycles. The van der Waals surface area contributed by atoms with E-state index in [2.05, 4.69) is 16.7 Å². The molecule has 0 aromatic carbocycles. The molecule has 0 saturated carbocycles. The number of nitriles is 1. The van der Waals surface area contributed by atoms with Gasteiger partial charge in [-0.3, -0.25) is 0 Å². The van der Waals surface area contributed by atoms with Gasteiger partial charge < -0.3 is 5.73 Å². The van der Waals surface area contributed by atoms with Crippen molar-refractivity contribution in [2.45, 2.75) is 6.54 Å².